The number of nitrogens with zero attached hydrogens (tertiary/aromatic N) is 5. The van der Waals surface area contributed by atoms with Crippen molar-refractivity contribution in [1.29, 1.82) is 0 Å². The van der Waals surface area contributed by atoms with Crippen LogP contribution >= 0.6 is 23.2 Å². The molecule has 0 radical (unpaired) electrons. The Hall–Kier alpha value is -2.66. The highest BCUT2D eigenvalue weighted by atomic mass is 35.5. The first-order valence-electron chi connectivity index (χ1n) is 15.1. The van der Waals surface area contributed by atoms with Gasteiger partial charge in [-0.3, -0.25) is 24.4 Å². The van der Waals surface area contributed by atoms with Gasteiger partial charge in [0.1, 0.15) is 24.7 Å². The lowest BCUT2D eigenvalue weighted by Gasteiger charge is -2.41. The number of halogens is 2. The zero-order valence-corrected chi connectivity index (χ0v) is 26.1. The third-order valence-electron chi connectivity index (χ3n) is 8.44. The lowest BCUT2D eigenvalue weighted by atomic mass is 9.96. The first-order valence-corrected chi connectivity index (χ1v) is 16.2. The van der Waals surface area contributed by atoms with E-state index in [0.29, 0.717) is 30.5 Å². The zero-order chi connectivity index (χ0) is 29.9. The van der Waals surface area contributed by atoms with E-state index in [-0.39, 0.29) is 17.6 Å². The van der Waals surface area contributed by atoms with Gasteiger partial charge in [-0.2, -0.15) is 5.10 Å². The van der Waals surface area contributed by atoms with Gasteiger partial charge in [-0.1, -0.05) is 36.4 Å². The third-order valence-corrected chi connectivity index (χ3v) is 9.03. The van der Waals surface area contributed by atoms with Crippen molar-refractivity contribution in [3.63, 3.8) is 0 Å². The Labute approximate surface area is 264 Å². The highest BCUT2D eigenvalue weighted by Crippen LogP contribution is 2.31. The van der Waals surface area contributed by atoms with Gasteiger partial charge >= 0.3 is 0 Å². The van der Waals surface area contributed by atoms with Gasteiger partial charge in [-0.15, -0.1) is 23.2 Å². The number of benzene rings is 2. The number of aromatic amines is 1. The molecule has 1 N–H and O–H groups in total. The molecule has 0 saturated carbocycles. The van der Waals surface area contributed by atoms with E-state index in [1.165, 1.54) is 0 Å². The maximum Gasteiger partial charge on any atom is 0.269 e. The predicted molar refractivity (Wildman–Crippen MR) is 172 cm³/mol. The molecule has 9 nitrogen and oxygen atoms in total. The monoisotopic (exact) mass is 628 g/mol. The van der Waals surface area contributed by atoms with Gasteiger partial charge in [0.05, 0.1) is 18.3 Å². The fraction of sp³-hybridized carbons (Fsp3) is 0.500. The smallest absolute Gasteiger partial charge is 0.269 e. The van der Waals surface area contributed by atoms with E-state index in [1.807, 2.05) is 60.7 Å². The second-order valence-electron chi connectivity index (χ2n) is 11.0. The minimum absolute atomic E-state index is 0.115. The first kappa shape index (κ1) is 31.8. The Kier molecular flexibility index (Phi) is 12.1. The summed E-state index contributed by atoms with van der Waals surface area (Å²) in [4.78, 5) is 22.8. The molecule has 3 heterocycles. The number of hydrogen-bond acceptors (Lipinski definition) is 8. The number of piperazine rings is 2. The normalized spacial score (nSPS) is 18.7. The molecule has 2 aliphatic heterocycles. The van der Waals surface area contributed by atoms with Crippen LogP contribution in [-0.2, 0) is 0 Å². The van der Waals surface area contributed by atoms with E-state index in [9.17, 15) is 4.79 Å². The predicted octanol–water partition coefficient (Wildman–Crippen LogP) is 3.72. The molecule has 2 unspecified atom stereocenters. The second-order valence-corrected chi connectivity index (χ2v) is 11.6. The Morgan fingerprint density at radius 3 is 1.63 bits per heavy atom. The van der Waals surface area contributed by atoms with Crippen molar-refractivity contribution < 1.29 is 9.47 Å². The van der Waals surface area contributed by atoms with Crippen molar-refractivity contribution >= 4 is 23.2 Å². The molecule has 232 valence electrons. The van der Waals surface area contributed by atoms with Crippen molar-refractivity contribution in [1.82, 2.24) is 29.8 Å². The number of H-pyrrole nitrogens is 1. The summed E-state index contributed by atoms with van der Waals surface area (Å²) in [6, 6.07) is 19.5. The van der Waals surface area contributed by atoms with E-state index in [2.05, 4.69) is 29.8 Å². The molecule has 0 spiro atoms. The number of aromatic nitrogens is 2. The standard InChI is InChI=1S/C32H42Cl2N6O3/c33-23-29(39-15-11-37(12-16-39)19-21-42-26-7-3-1-4-8-26)28-25-35-36-32(41)31(28)30(24-34)40-17-13-38(14-18-40)20-22-43-27-9-5-2-6-10-27/h1-10,25,29-30H,11-24H2,(H,36,41). The molecule has 1 aromatic heterocycles. The molecular weight excluding hydrogens is 587 g/mol. The number of hydrogen-bond donors (Lipinski definition) is 1. The number of ether oxygens (including phenoxy) is 2. The Balaban J connectivity index is 1.16. The fourth-order valence-electron chi connectivity index (χ4n) is 5.98. The van der Waals surface area contributed by atoms with E-state index in [4.69, 9.17) is 32.7 Å². The zero-order valence-electron chi connectivity index (χ0n) is 24.6. The first-order chi connectivity index (χ1) is 21.2. The molecular formula is C32H42Cl2N6O3. The van der Waals surface area contributed by atoms with Crippen LogP contribution in [0.4, 0.5) is 0 Å². The molecule has 0 bridgehead atoms. The topological polar surface area (TPSA) is 77.2 Å². The van der Waals surface area contributed by atoms with Gasteiger partial charge in [-0.05, 0) is 24.3 Å². The molecule has 2 aromatic carbocycles. The molecule has 3 aromatic rings. The summed E-state index contributed by atoms with van der Waals surface area (Å²) in [6.07, 6.45) is 1.78. The van der Waals surface area contributed by atoms with Crippen molar-refractivity contribution in [3.05, 3.63) is 88.3 Å². The number of rotatable bonds is 14. The molecule has 2 atom stereocenters. The number of nitrogens with one attached hydrogen (secondary N) is 1. The Morgan fingerprint density at radius 1 is 0.698 bits per heavy atom. The molecule has 2 fully saturated rings. The highest BCUT2D eigenvalue weighted by molar-refractivity contribution is 6.18. The van der Waals surface area contributed by atoms with Gasteiger partial charge in [0, 0.05) is 88.3 Å². The molecule has 0 amide bonds. The second kappa shape index (κ2) is 16.4. The molecule has 2 saturated heterocycles. The molecule has 0 aliphatic carbocycles. The van der Waals surface area contributed by atoms with Gasteiger partial charge in [0.25, 0.3) is 5.56 Å². The lowest BCUT2D eigenvalue weighted by Crippen LogP contribution is -2.51. The van der Waals surface area contributed by atoms with E-state index >= 15 is 0 Å². The van der Waals surface area contributed by atoms with Crippen LogP contribution in [0.25, 0.3) is 0 Å². The van der Waals surface area contributed by atoms with Gasteiger partial charge in [0.2, 0.25) is 0 Å². The van der Waals surface area contributed by atoms with E-state index < -0.39 is 0 Å². The van der Waals surface area contributed by atoms with Crippen molar-refractivity contribution in [3.8, 4) is 11.5 Å². The SMILES string of the molecule is O=c1[nH]ncc(C(CCl)N2CCN(CCOc3ccccc3)CC2)c1C(CCl)N1CCN(CCOc2ccccc2)CC1. The summed E-state index contributed by atoms with van der Waals surface area (Å²) in [6.45, 7) is 9.94. The summed E-state index contributed by atoms with van der Waals surface area (Å²) in [7, 11) is 0. The summed E-state index contributed by atoms with van der Waals surface area (Å²) < 4.78 is 11.8. The van der Waals surface area contributed by atoms with Gasteiger partial charge in [-0.25, -0.2) is 5.10 Å². The van der Waals surface area contributed by atoms with Crippen LogP contribution in [0.1, 0.15) is 23.2 Å². The maximum absolute atomic E-state index is 13.3. The van der Waals surface area contributed by atoms with Crippen molar-refractivity contribution in [2.24, 2.45) is 0 Å². The summed E-state index contributed by atoms with van der Waals surface area (Å²) in [5.74, 6) is 2.48. The van der Waals surface area contributed by atoms with E-state index in [0.717, 1.165) is 82.5 Å². The Bertz CT molecular complexity index is 1290. The van der Waals surface area contributed by atoms with Crippen LogP contribution in [0.3, 0.4) is 0 Å². The minimum atomic E-state index is -0.215. The molecule has 2 aliphatic rings. The van der Waals surface area contributed by atoms with Crippen LogP contribution in [0.15, 0.2) is 71.7 Å². The summed E-state index contributed by atoms with van der Waals surface area (Å²) in [5.41, 5.74) is 1.38. The third kappa shape index (κ3) is 8.71. The highest BCUT2D eigenvalue weighted by Gasteiger charge is 2.33. The quantitative estimate of drug-likeness (QED) is 0.271. The number of alkyl halides is 2. The van der Waals surface area contributed by atoms with Crippen LogP contribution in [0.2, 0.25) is 0 Å². The number of para-hydroxylation sites is 2. The van der Waals surface area contributed by atoms with Crippen LogP contribution < -0.4 is 15.0 Å². The van der Waals surface area contributed by atoms with Crippen LogP contribution in [0, 0.1) is 0 Å². The molecule has 43 heavy (non-hydrogen) atoms. The minimum Gasteiger partial charge on any atom is -0.492 e. The summed E-state index contributed by atoms with van der Waals surface area (Å²) in [5, 5.41) is 6.86. The lowest BCUT2D eigenvalue weighted by molar-refractivity contribution is 0.0851. The summed E-state index contributed by atoms with van der Waals surface area (Å²) >= 11 is 13.2. The average molecular weight is 630 g/mol. The van der Waals surface area contributed by atoms with Crippen LogP contribution in [0.5, 0.6) is 11.5 Å². The van der Waals surface area contributed by atoms with E-state index in [1.54, 1.807) is 6.20 Å². The van der Waals surface area contributed by atoms with Crippen LogP contribution in [-0.4, -0.2) is 120 Å². The van der Waals surface area contributed by atoms with Gasteiger partial charge < -0.3 is 9.47 Å². The fourth-order valence-corrected chi connectivity index (χ4v) is 6.69. The Morgan fingerprint density at radius 2 is 1.16 bits per heavy atom. The average Bonchev–Trinajstić information content (AvgIpc) is 3.05. The maximum atomic E-state index is 13.3. The molecule has 11 heteroatoms. The van der Waals surface area contributed by atoms with Crippen molar-refractivity contribution in [2.45, 2.75) is 12.1 Å². The van der Waals surface area contributed by atoms with Gasteiger partial charge in [0.15, 0.2) is 0 Å². The largest absolute Gasteiger partial charge is 0.492 e. The van der Waals surface area contributed by atoms with Crippen molar-refractivity contribution in [2.75, 3.05) is 90.4 Å². The molecule has 5 rings (SSSR count).